The van der Waals surface area contributed by atoms with E-state index >= 15 is 0 Å². The maximum Gasteiger partial charge on any atom is 0.408 e. The predicted octanol–water partition coefficient (Wildman–Crippen LogP) is 1.26. The number of carboxylic acid groups (broad SMARTS) is 1. The van der Waals surface area contributed by atoms with Crippen LogP contribution >= 0.6 is 0 Å². The van der Waals surface area contributed by atoms with Crippen molar-refractivity contribution >= 4 is 29.8 Å². The fourth-order valence-electron chi connectivity index (χ4n) is 3.46. The lowest BCUT2D eigenvalue weighted by Crippen LogP contribution is -2.55. The number of hydrogen-bond acceptors (Lipinski definition) is 7. The smallest absolute Gasteiger partial charge is 0.408 e. The van der Waals surface area contributed by atoms with Crippen molar-refractivity contribution in [2.75, 3.05) is 6.54 Å². The molecule has 0 radical (unpaired) electrons. The van der Waals surface area contributed by atoms with Crippen LogP contribution in [0.2, 0.25) is 1.41 Å². The van der Waals surface area contributed by atoms with Crippen molar-refractivity contribution in [2.24, 2.45) is 0 Å². The Hall–Kier alpha value is -4.61. The summed E-state index contributed by atoms with van der Waals surface area (Å²) in [5, 5.41) is 26.5. The van der Waals surface area contributed by atoms with Crippen molar-refractivity contribution in [3.63, 3.8) is 0 Å². The molecule has 4 amide bonds. The summed E-state index contributed by atoms with van der Waals surface area (Å²) in [6.07, 6.45) is -1.15. The van der Waals surface area contributed by atoms with Crippen LogP contribution in [-0.4, -0.2) is 70.3 Å². The summed E-state index contributed by atoms with van der Waals surface area (Å²) in [4.78, 5) is 62.2. The standard InChI is InChI=1S/C28H36N4O8/c1-17(24(35)29-16-23(34)31-22(26(37)38)15-18-8-6-5-7-9-18)30-25(36)21(32-27(39)40-28(2,3)4)14-19-10-12-20(33)13-11-19/h5-13,17,21-22,33H,14-16H2,1-4H3,(H,29,35)(H,30,36)(H,31,34)(H,32,39)(H,37,38)/t17-,21-,22-/m0/s1/i/hD. The monoisotopic (exact) mass is 557 g/mol. The zero-order valence-electron chi connectivity index (χ0n) is 23.8. The first-order valence-corrected chi connectivity index (χ1v) is 12.6. The molecule has 2 aromatic carbocycles. The number of rotatable bonds is 12. The van der Waals surface area contributed by atoms with Gasteiger partial charge in [0.1, 0.15) is 29.5 Å². The summed E-state index contributed by atoms with van der Waals surface area (Å²) >= 11 is 0. The Kier molecular flexibility index (Phi) is 10.9. The van der Waals surface area contributed by atoms with Gasteiger partial charge >= 0.3 is 12.1 Å². The molecule has 12 heteroatoms. The number of aromatic hydroxyl groups is 1. The molecule has 2 aromatic rings. The van der Waals surface area contributed by atoms with Crippen LogP contribution in [0.3, 0.4) is 0 Å². The molecule has 0 fully saturated rings. The van der Waals surface area contributed by atoms with Gasteiger partial charge in [0.05, 0.1) is 6.54 Å². The summed E-state index contributed by atoms with van der Waals surface area (Å²) in [7, 11) is 0. The molecule has 0 spiro atoms. The summed E-state index contributed by atoms with van der Waals surface area (Å²) in [5.41, 5.74) is 0.308. The van der Waals surface area contributed by atoms with Crippen LogP contribution < -0.4 is 21.3 Å². The third kappa shape index (κ3) is 11.4. The first kappa shape index (κ1) is 29.9. The Bertz CT molecular complexity index is 1220. The SMILES string of the molecule is [2H]N(C(=O)OC(C)(C)C)[C@@H](Cc1ccc(O)cc1)C(=O)N[C@@H](C)C(=O)NCC(=O)N[C@@H](Cc1ccccc1)C(=O)O. The lowest BCUT2D eigenvalue weighted by molar-refractivity contribution is -0.141. The highest BCUT2D eigenvalue weighted by Gasteiger charge is 2.27. The molecule has 0 bridgehead atoms. The van der Waals surface area contributed by atoms with Crippen LogP contribution in [0.4, 0.5) is 4.79 Å². The number of carboxylic acids is 1. The normalized spacial score (nSPS) is 13.6. The van der Waals surface area contributed by atoms with Gasteiger partial charge in [0.25, 0.3) is 0 Å². The molecule has 3 atom stereocenters. The van der Waals surface area contributed by atoms with E-state index in [0.717, 1.165) is 0 Å². The average molecular weight is 558 g/mol. The van der Waals surface area contributed by atoms with Gasteiger partial charge in [-0.05, 0) is 51.0 Å². The molecule has 0 aliphatic heterocycles. The van der Waals surface area contributed by atoms with Crippen molar-refractivity contribution in [3.8, 4) is 5.75 Å². The molecule has 6 N–H and O–H groups in total. The van der Waals surface area contributed by atoms with E-state index in [2.05, 4.69) is 16.0 Å². The second-order valence-corrected chi connectivity index (χ2v) is 10.1. The molecule has 0 unspecified atom stereocenters. The molecule has 40 heavy (non-hydrogen) atoms. The Morgan fingerprint density at radius 2 is 1.45 bits per heavy atom. The number of carbonyl (C=O) groups excluding carboxylic acids is 4. The molecule has 2 rings (SSSR count). The van der Waals surface area contributed by atoms with Crippen molar-refractivity contribution < 1.29 is 40.3 Å². The summed E-state index contributed by atoms with van der Waals surface area (Å²) in [6.45, 7) is 5.63. The minimum Gasteiger partial charge on any atom is -0.508 e. The molecule has 0 aliphatic carbocycles. The van der Waals surface area contributed by atoms with Gasteiger partial charge in [0.2, 0.25) is 17.7 Å². The number of carbonyl (C=O) groups is 5. The van der Waals surface area contributed by atoms with E-state index in [1.165, 1.54) is 31.2 Å². The molecule has 0 aromatic heterocycles. The van der Waals surface area contributed by atoms with Crippen molar-refractivity contribution in [1.29, 1.82) is 0 Å². The highest BCUT2D eigenvalue weighted by molar-refractivity contribution is 5.93. The fraction of sp³-hybridized carbons (Fsp3) is 0.393. The summed E-state index contributed by atoms with van der Waals surface area (Å²) in [6, 6.07) is 10.8. The molecular weight excluding hydrogens is 520 g/mol. The van der Waals surface area contributed by atoms with E-state index in [4.69, 9.17) is 6.15 Å². The van der Waals surface area contributed by atoms with Crippen LogP contribution in [0.1, 0.15) is 38.8 Å². The lowest BCUT2D eigenvalue weighted by atomic mass is 10.0. The molecule has 216 valence electrons. The molecule has 0 saturated heterocycles. The average Bonchev–Trinajstić information content (AvgIpc) is 2.90. The van der Waals surface area contributed by atoms with E-state index in [1.54, 1.807) is 51.1 Å². The maximum absolute atomic E-state index is 13.1. The third-order valence-corrected chi connectivity index (χ3v) is 5.41. The number of alkyl carbamates (subject to hydrolysis) is 1. The number of phenols is 1. The number of hydrogen-bond donors (Lipinski definition) is 6. The van der Waals surface area contributed by atoms with Crippen molar-refractivity contribution in [1.82, 2.24) is 21.3 Å². The number of nitrogens with one attached hydrogen (secondary N) is 4. The van der Waals surface area contributed by atoms with Crippen LogP contribution in [0.5, 0.6) is 5.75 Å². The number of phenolic OH excluding ortho intramolecular Hbond substituents is 1. The van der Waals surface area contributed by atoms with Crippen LogP contribution in [-0.2, 0) is 36.8 Å². The van der Waals surface area contributed by atoms with Gasteiger partial charge in [0, 0.05) is 12.8 Å². The highest BCUT2D eigenvalue weighted by Crippen LogP contribution is 2.13. The van der Waals surface area contributed by atoms with Crippen LogP contribution in [0, 0.1) is 0 Å². The Balaban J connectivity index is 2.01. The topological polar surface area (TPSA) is 183 Å². The molecule has 0 saturated carbocycles. The minimum atomic E-state index is -1.40. The van der Waals surface area contributed by atoms with Crippen molar-refractivity contribution in [3.05, 3.63) is 65.7 Å². The molecule has 0 heterocycles. The van der Waals surface area contributed by atoms with Gasteiger partial charge in [-0.3, -0.25) is 14.4 Å². The Morgan fingerprint density at radius 1 is 0.875 bits per heavy atom. The number of benzene rings is 2. The summed E-state index contributed by atoms with van der Waals surface area (Å²) < 4.78 is 13.5. The van der Waals surface area contributed by atoms with E-state index in [1.807, 2.05) is 0 Å². The zero-order chi connectivity index (χ0) is 30.7. The van der Waals surface area contributed by atoms with Gasteiger partial charge in [-0.2, -0.15) is 0 Å². The van der Waals surface area contributed by atoms with Gasteiger partial charge in [0.15, 0.2) is 1.41 Å². The van der Waals surface area contributed by atoms with E-state index in [9.17, 15) is 34.2 Å². The van der Waals surface area contributed by atoms with Gasteiger partial charge in [-0.15, -0.1) is 0 Å². The molecular formula is C28H36N4O8. The van der Waals surface area contributed by atoms with Crippen LogP contribution in [0.15, 0.2) is 54.6 Å². The zero-order valence-corrected chi connectivity index (χ0v) is 22.8. The number of amides is 4. The van der Waals surface area contributed by atoms with Crippen LogP contribution in [0.25, 0.3) is 0 Å². The first-order chi connectivity index (χ1) is 19.2. The minimum absolute atomic E-state index is 0.00584. The first-order valence-electron chi connectivity index (χ1n) is 13.0. The highest BCUT2D eigenvalue weighted by atomic mass is 16.6. The third-order valence-electron chi connectivity index (χ3n) is 5.41. The predicted molar refractivity (Wildman–Crippen MR) is 145 cm³/mol. The second kappa shape index (κ2) is 14.5. The maximum atomic E-state index is 13.1. The van der Waals surface area contributed by atoms with E-state index < -0.39 is 60.1 Å². The largest absolute Gasteiger partial charge is 0.508 e. The molecule has 12 nitrogen and oxygen atoms in total. The summed E-state index contributed by atoms with van der Waals surface area (Å²) in [5.74, 6) is -3.57. The molecule has 0 aliphatic rings. The van der Waals surface area contributed by atoms with E-state index in [0.29, 0.717) is 16.4 Å². The quantitative estimate of drug-likeness (QED) is 0.225. The van der Waals surface area contributed by atoms with Gasteiger partial charge in [-0.25, -0.2) is 9.59 Å². The Labute approximate surface area is 233 Å². The second-order valence-electron chi connectivity index (χ2n) is 10.1. The van der Waals surface area contributed by atoms with Gasteiger partial charge < -0.3 is 36.2 Å². The fourth-order valence-corrected chi connectivity index (χ4v) is 3.46. The van der Waals surface area contributed by atoms with Gasteiger partial charge in [-0.1, -0.05) is 42.5 Å². The van der Waals surface area contributed by atoms with Crippen molar-refractivity contribution in [2.45, 2.75) is 64.3 Å². The lowest BCUT2D eigenvalue weighted by Gasteiger charge is -2.24. The number of ether oxygens (including phenoxy) is 1. The number of aliphatic carboxylic acids is 1. The van der Waals surface area contributed by atoms with E-state index in [-0.39, 0.29) is 18.6 Å². The Morgan fingerprint density at radius 3 is 2.02 bits per heavy atom.